The summed E-state index contributed by atoms with van der Waals surface area (Å²) in [7, 11) is 0. The number of amides is 1. The van der Waals surface area contributed by atoms with E-state index in [9.17, 15) is 14.9 Å². The van der Waals surface area contributed by atoms with Gasteiger partial charge in [-0.15, -0.1) is 0 Å². The highest BCUT2D eigenvalue weighted by Gasteiger charge is 2.14. The first kappa shape index (κ1) is 14.1. The van der Waals surface area contributed by atoms with E-state index in [1.54, 1.807) is 18.2 Å². The molecule has 1 N–H and O–H groups in total. The topological polar surface area (TPSA) is 72.2 Å². The summed E-state index contributed by atoms with van der Waals surface area (Å²) in [6.07, 6.45) is 0.245. The quantitative estimate of drug-likeness (QED) is 0.521. The van der Waals surface area contributed by atoms with Crippen LogP contribution in [0.4, 0.5) is 5.69 Å². The summed E-state index contributed by atoms with van der Waals surface area (Å²) in [4.78, 5) is 22.6. The number of benzene rings is 2. The van der Waals surface area contributed by atoms with Gasteiger partial charge in [-0.05, 0) is 23.6 Å². The number of carbonyl (C=O) groups excluding carboxylic acids is 1. The predicted molar refractivity (Wildman–Crippen MR) is 77.2 cm³/mol. The minimum atomic E-state index is -0.467. The summed E-state index contributed by atoms with van der Waals surface area (Å²) in [5.74, 6) is -0.195. The Bertz CT molecular complexity index is 617. The lowest BCUT2D eigenvalue weighted by Gasteiger charge is -2.05. The largest absolute Gasteiger partial charge is 0.296 e. The zero-order chi connectivity index (χ0) is 14.4. The molecule has 0 atom stereocenters. The molecule has 2 rings (SSSR count). The van der Waals surface area contributed by atoms with Crippen LogP contribution in [0, 0.1) is 10.1 Å². The second kappa shape index (κ2) is 6.72. The molecular formula is C14H12N2O3S. The maximum atomic E-state index is 11.8. The fourth-order valence-electron chi connectivity index (χ4n) is 1.62. The van der Waals surface area contributed by atoms with Crippen LogP contribution in [0.1, 0.15) is 5.56 Å². The lowest BCUT2D eigenvalue weighted by molar-refractivity contribution is -0.387. The van der Waals surface area contributed by atoms with Crippen LogP contribution in [0.15, 0.2) is 59.5 Å². The number of nitrogens with zero attached hydrogens (tertiary/aromatic N) is 1. The first-order chi connectivity index (χ1) is 9.66. The molecule has 0 saturated heterocycles. The third kappa shape index (κ3) is 3.83. The molecule has 0 aliphatic carbocycles. The standard InChI is InChI=1S/C14H12N2O3S/c17-14(10-11-6-2-1-3-7-11)15-20-13-9-5-4-8-12(13)16(18)19/h1-9H,10H2,(H,15,17). The Kier molecular flexibility index (Phi) is 4.73. The van der Waals surface area contributed by atoms with Gasteiger partial charge in [-0.25, -0.2) is 0 Å². The Balaban J connectivity index is 1.96. The van der Waals surface area contributed by atoms with Crippen LogP contribution < -0.4 is 4.72 Å². The fraction of sp³-hybridized carbons (Fsp3) is 0.0714. The maximum absolute atomic E-state index is 11.8. The molecule has 0 aliphatic rings. The summed E-state index contributed by atoms with van der Waals surface area (Å²) in [5, 5.41) is 10.8. The van der Waals surface area contributed by atoms with Gasteiger partial charge in [0.25, 0.3) is 5.69 Å². The molecule has 0 heterocycles. The number of hydrogen-bond donors (Lipinski definition) is 1. The normalized spacial score (nSPS) is 10.0. The second-order valence-electron chi connectivity index (χ2n) is 4.01. The molecule has 0 bridgehead atoms. The summed E-state index contributed by atoms with van der Waals surface area (Å²) < 4.78 is 2.62. The number of nitro benzene ring substituents is 1. The monoisotopic (exact) mass is 288 g/mol. The van der Waals surface area contributed by atoms with E-state index in [4.69, 9.17) is 0 Å². The third-order valence-corrected chi connectivity index (χ3v) is 3.44. The van der Waals surface area contributed by atoms with Gasteiger partial charge in [0.2, 0.25) is 5.91 Å². The van der Waals surface area contributed by atoms with Crippen molar-refractivity contribution in [1.29, 1.82) is 0 Å². The zero-order valence-electron chi connectivity index (χ0n) is 10.5. The van der Waals surface area contributed by atoms with Crippen molar-refractivity contribution in [3.05, 3.63) is 70.3 Å². The highest BCUT2D eigenvalue weighted by Crippen LogP contribution is 2.26. The average Bonchev–Trinajstić information content (AvgIpc) is 2.46. The Morgan fingerprint density at radius 1 is 1.10 bits per heavy atom. The van der Waals surface area contributed by atoms with Crippen molar-refractivity contribution in [2.45, 2.75) is 11.3 Å². The number of rotatable bonds is 5. The van der Waals surface area contributed by atoms with E-state index in [0.29, 0.717) is 4.90 Å². The Morgan fingerprint density at radius 2 is 1.75 bits per heavy atom. The zero-order valence-corrected chi connectivity index (χ0v) is 11.3. The Labute approximate surface area is 120 Å². The van der Waals surface area contributed by atoms with E-state index >= 15 is 0 Å². The number of nitrogens with one attached hydrogen (secondary N) is 1. The molecule has 6 heteroatoms. The van der Waals surface area contributed by atoms with Gasteiger partial charge in [-0.1, -0.05) is 42.5 Å². The average molecular weight is 288 g/mol. The van der Waals surface area contributed by atoms with E-state index in [0.717, 1.165) is 17.5 Å². The first-order valence-corrected chi connectivity index (χ1v) is 6.71. The van der Waals surface area contributed by atoms with Crippen LogP contribution in [0.25, 0.3) is 0 Å². The molecule has 0 spiro atoms. The molecule has 2 aromatic rings. The van der Waals surface area contributed by atoms with Crippen LogP contribution in [0.5, 0.6) is 0 Å². The van der Waals surface area contributed by atoms with Crippen LogP contribution in [0.2, 0.25) is 0 Å². The minimum Gasteiger partial charge on any atom is -0.296 e. The smallest absolute Gasteiger partial charge is 0.284 e. The molecular weight excluding hydrogens is 276 g/mol. The van der Waals surface area contributed by atoms with E-state index < -0.39 is 4.92 Å². The summed E-state index contributed by atoms with van der Waals surface area (Å²) in [6, 6.07) is 15.6. The Morgan fingerprint density at radius 3 is 2.45 bits per heavy atom. The highest BCUT2D eigenvalue weighted by molar-refractivity contribution is 7.98. The first-order valence-electron chi connectivity index (χ1n) is 5.90. The van der Waals surface area contributed by atoms with Crippen molar-refractivity contribution in [2.24, 2.45) is 0 Å². The van der Waals surface area contributed by atoms with Gasteiger partial charge < -0.3 is 0 Å². The minimum absolute atomic E-state index is 0.0162. The van der Waals surface area contributed by atoms with Gasteiger partial charge in [-0.2, -0.15) is 0 Å². The van der Waals surface area contributed by atoms with Crippen LogP contribution >= 0.6 is 11.9 Å². The molecule has 5 nitrogen and oxygen atoms in total. The van der Waals surface area contributed by atoms with Crippen molar-refractivity contribution < 1.29 is 9.72 Å². The summed E-state index contributed by atoms with van der Waals surface area (Å²) in [6.45, 7) is 0. The number of para-hydroxylation sites is 1. The van der Waals surface area contributed by atoms with Gasteiger partial charge in [0.05, 0.1) is 11.3 Å². The lowest BCUT2D eigenvalue weighted by Crippen LogP contribution is -2.18. The molecule has 0 radical (unpaired) electrons. The van der Waals surface area contributed by atoms with Gasteiger partial charge in [0.1, 0.15) is 4.90 Å². The lowest BCUT2D eigenvalue weighted by atomic mass is 10.1. The molecule has 0 unspecified atom stereocenters. The van der Waals surface area contributed by atoms with E-state index in [-0.39, 0.29) is 18.0 Å². The SMILES string of the molecule is O=C(Cc1ccccc1)NSc1ccccc1[N+](=O)[O-]. The van der Waals surface area contributed by atoms with E-state index in [1.165, 1.54) is 6.07 Å². The Hall–Kier alpha value is -2.34. The van der Waals surface area contributed by atoms with Gasteiger partial charge in [-0.3, -0.25) is 19.6 Å². The second-order valence-corrected chi connectivity index (χ2v) is 4.86. The van der Waals surface area contributed by atoms with Crippen molar-refractivity contribution in [3.8, 4) is 0 Å². The molecule has 0 aliphatic heterocycles. The van der Waals surface area contributed by atoms with Crippen molar-refractivity contribution >= 4 is 23.5 Å². The fourth-order valence-corrected chi connectivity index (χ4v) is 2.31. The predicted octanol–water partition coefficient (Wildman–Crippen LogP) is 2.96. The number of nitro groups is 1. The molecule has 1 amide bonds. The molecule has 102 valence electrons. The highest BCUT2D eigenvalue weighted by atomic mass is 32.2. The number of hydrogen-bond acceptors (Lipinski definition) is 4. The van der Waals surface area contributed by atoms with Crippen molar-refractivity contribution in [2.75, 3.05) is 0 Å². The molecule has 0 fully saturated rings. The molecule has 0 aromatic heterocycles. The van der Waals surface area contributed by atoms with E-state index in [2.05, 4.69) is 4.72 Å². The maximum Gasteiger partial charge on any atom is 0.284 e. The van der Waals surface area contributed by atoms with Crippen molar-refractivity contribution in [1.82, 2.24) is 4.72 Å². The number of carbonyl (C=O) groups is 1. The van der Waals surface area contributed by atoms with Crippen LogP contribution in [-0.2, 0) is 11.2 Å². The molecule has 0 saturated carbocycles. The summed E-state index contributed by atoms with van der Waals surface area (Å²) >= 11 is 0.962. The van der Waals surface area contributed by atoms with E-state index in [1.807, 2.05) is 30.3 Å². The van der Waals surface area contributed by atoms with Gasteiger partial charge in [0, 0.05) is 6.07 Å². The van der Waals surface area contributed by atoms with Crippen molar-refractivity contribution in [3.63, 3.8) is 0 Å². The molecule has 20 heavy (non-hydrogen) atoms. The van der Waals surface area contributed by atoms with Crippen LogP contribution in [0.3, 0.4) is 0 Å². The van der Waals surface area contributed by atoms with Gasteiger partial charge in [0.15, 0.2) is 0 Å². The van der Waals surface area contributed by atoms with Crippen LogP contribution in [-0.4, -0.2) is 10.8 Å². The third-order valence-electron chi connectivity index (χ3n) is 2.54. The molecule has 2 aromatic carbocycles. The summed E-state index contributed by atoms with van der Waals surface area (Å²) in [5.41, 5.74) is 0.880. The van der Waals surface area contributed by atoms with Gasteiger partial charge >= 0.3 is 0 Å².